The highest BCUT2D eigenvalue weighted by Gasteiger charge is 2.58. The molecule has 4 aliphatic rings. The molecule has 2 aromatic heterocycles. The van der Waals surface area contributed by atoms with Gasteiger partial charge in [-0.05, 0) is 124 Å². The van der Waals surface area contributed by atoms with Crippen molar-refractivity contribution in [3.8, 4) is 0 Å². The minimum atomic E-state index is -0.830. The molecule has 1 saturated heterocycles. The lowest BCUT2D eigenvalue weighted by atomic mass is 9.48. The number of aliphatic hydroxyl groups is 3. The molecule has 0 spiro atoms. The van der Waals surface area contributed by atoms with Crippen LogP contribution >= 0.6 is 11.3 Å². The van der Waals surface area contributed by atoms with Crippen molar-refractivity contribution in [1.29, 1.82) is 5.41 Å². The minimum Gasteiger partial charge on any atom is -0.480 e. The summed E-state index contributed by atoms with van der Waals surface area (Å²) in [6.07, 6.45) is 14.0. The molecule has 1 aromatic carbocycles. The monoisotopic (exact) mass is 825 g/mol. The number of piperidine rings is 1. The third kappa shape index (κ3) is 9.30. The maximum absolute atomic E-state index is 10.7. The fraction of sp³-hybridized carbons (Fsp3) is 0.556. The van der Waals surface area contributed by atoms with E-state index >= 15 is 0 Å². The molecule has 0 radical (unpaired) electrons. The van der Waals surface area contributed by atoms with Crippen LogP contribution < -0.4 is 16.4 Å². The number of fused-ring (bicyclic) bond motifs is 3. The average molecular weight is 826 g/mol. The van der Waals surface area contributed by atoms with Crippen molar-refractivity contribution in [2.24, 2.45) is 27.0 Å². The molecule has 2 bridgehead atoms. The Morgan fingerprint density at radius 3 is 2.51 bits per heavy atom. The van der Waals surface area contributed by atoms with E-state index in [9.17, 15) is 15.6 Å². The fourth-order valence-corrected chi connectivity index (χ4v) is 11.8. The van der Waals surface area contributed by atoms with E-state index in [1.54, 1.807) is 0 Å². The van der Waals surface area contributed by atoms with Gasteiger partial charge < -0.3 is 41.3 Å². The first-order valence-corrected chi connectivity index (χ1v) is 21.9. The Hall–Kier alpha value is -4.50. The van der Waals surface area contributed by atoms with Crippen LogP contribution in [0.25, 0.3) is 15.8 Å². The average Bonchev–Trinajstić information content (AvgIpc) is 3.74. The van der Waals surface area contributed by atoms with Crippen molar-refractivity contribution in [2.45, 2.75) is 111 Å². The van der Waals surface area contributed by atoms with Gasteiger partial charge in [-0.25, -0.2) is 9.98 Å². The molecule has 318 valence electrons. The van der Waals surface area contributed by atoms with Crippen LogP contribution in [-0.2, 0) is 11.3 Å². The maximum atomic E-state index is 10.7. The second-order valence-electron chi connectivity index (χ2n) is 18.9. The van der Waals surface area contributed by atoms with Crippen LogP contribution in [0.2, 0.25) is 0 Å². The Morgan fingerprint density at radius 2 is 1.80 bits per heavy atom. The molecule has 2 saturated carbocycles. The number of unbranched alkanes of at least 4 members (excludes halogenated alkanes) is 1. The van der Waals surface area contributed by atoms with Gasteiger partial charge in [0.15, 0.2) is 0 Å². The van der Waals surface area contributed by atoms with Gasteiger partial charge in [0.05, 0.1) is 28.6 Å². The van der Waals surface area contributed by atoms with Crippen molar-refractivity contribution >= 4 is 43.9 Å². The molecule has 2 aliphatic heterocycles. The van der Waals surface area contributed by atoms with E-state index in [1.165, 1.54) is 11.3 Å². The number of hydrogen-bond acceptors (Lipinski definition) is 11. The SMILES string of the molecule is CC(=C1\CCCN(C2=CC=C(c3cnn(CC45CC(C)(C)CC(OCCNCCCCO)(CC(C)(C)C4)C5)c3C)C(=C(O)O)N2)C1=N)/C(N)=N\c1nc2ccccc2s1. The van der Waals surface area contributed by atoms with E-state index in [4.69, 9.17) is 20.7 Å². The number of amidine groups is 2. The number of nitrogens with one attached hydrogen (secondary N) is 3. The molecule has 0 unspecified atom stereocenters. The largest absolute Gasteiger partial charge is 0.480 e. The van der Waals surface area contributed by atoms with Gasteiger partial charge in [-0.3, -0.25) is 10.1 Å². The zero-order valence-electron chi connectivity index (χ0n) is 35.6. The number of likely N-dealkylation sites (tertiary alicyclic amines) is 1. The number of nitrogens with two attached hydrogens (primary N) is 1. The predicted molar refractivity (Wildman–Crippen MR) is 237 cm³/mol. The summed E-state index contributed by atoms with van der Waals surface area (Å²) in [5.74, 6) is 0.343. The van der Waals surface area contributed by atoms with Crippen molar-refractivity contribution in [1.82, 2.24) is 30.3 Å². The van der Waals surface area contributed by atoms with Gasteiger partial charge in [0.25, 0.3) is 5.95 Å². The second kappa shape index (κ2) is 16.9. The third-order valence-electron chi connectivity index (χ3n) is 12.5. The summed E-state index contributed by atoms with van der Waals surface area (Å²) in [4.78, 5) is 11.1. The quantitative estimate of drug-likeness (QED) is 0.0362. The van der Waals surface area contributed by atoms with Crippen molar-refractivity contribution in [3.63, 3.8) is 0 Å². The molecule has 59 heavy (non-hydrogen) atoms. The number of aliphatic hydroxyl groups excluding tert-OH is 2. The number of aromatic nitrogens is 3. The van der Waals surface area contributed by atoms with Crippen LogP contribution in [0.3, 0.4) is 0 Å². The number of benzene rings is 1. The molecule has 2 aliphatic carbocycles. The van der Waals surface area contributed by atoms with Crippen molar-refractivity contribution in [3.05, 3.63) is 82.5 Å². The van der Waals surface area contributed by atoms with Gasteiger partial charge in [0.1, 0.15) is 23.2 Å². The number of thiazole rings is 1. The summed E-state index contributed by atoms with van der Waals surface area (Å²) < 4.78 is 10.1. The predicted octanol–water partition coefficient (Wildman–Crippen LogP) is 8.13. The van der Waals surface area contributed by atoms with Gasteiger partial charge >= 0.3 is 0 Å². The summed E-state index contributed by atoms with van der Waals surface area (Å²) in [7, 11) is 0. The Labute approximate surface area is 352 Å². The molecule has 8 N–H and O–H groups in total. The van der Waals surface area contributed by atoms with Crippen LogP contribution in [0.1, 0.15) is 104 Å². The minimum absolute atomic E-state index is 0.0311. The summed E-state index contributed by atoms with van der Waals surface area (Å²) in [6, 6.07) is 7.87. The van der Waals surface area contributed by atoms with E-state index in [0.29, 0.717) is 41.9 Å². The standard InChI is InChI=1S/C45H63N9O4S/c1-29(38(46)52-41-50-34-13-7-8-14-35(34)59-41)31-12-11-19-53(39(31)47)36-16-15-32(37(51-36)40(56)57)33-22-49-54(30(33)2)28-44-23-42(3,4)25-45(27-44,26-43(5,6)24-44)58-21-18-48-17-9-10-20-55/h7-8,13-16,22,47-48,51,55-57H,9-12,17-21,23-28H2,1-6H3,(H2,46,50,52)/b31-29-,47-39?. The number of allylic oxidation sites excluding steroid dienone is 3. The highest BCUT2D eigenvalue weighted by atomic mass is 32.1. The number of ether oxygens (including phenoxy) is 1. The molecular formula is C45H63N9O4S. The fourth-order valence-electron chi connectivity index (χ4n) is 11.0. The molecule has 3 fully saturated rings. The first-order chi connectivity index (χ1) is 28.0. The third-order valence-corrected chi connectivity index (χ3v) is 13.4. The van der Waals surface area contributed by atoms with Gasteiger partial charge in [0, 0.05) is 48.6 Å². The smallest absolute Gasteiger partial charge is 0.299 e. The zero-order valence-corrected chi connectivity index (χ0v) is 36.4. The lowest BCUT2D eigenvalue weighted by molar-refractivity contribution is -0.195. The lowest BCUT2D eigenvalue weighted by Crippen LogP contribution is -2.58. The Morgan fingerprint density at radius 1 is 1.05 bits per heavy atom. The maximum Gasteiger partial charge on any atom is 0.299 e. The summed E-state index contributed by atoms with van der Waals surface area (Å²) >= 11 is 1.47. The summed E-state index contributed by atoms with van der Waals surface area (Å²) in [6.45, 7) is 17.3. The molecule has 14 heteroatoms. The first-order valence-electron chi connectivity index (χ1n) is 21.1. The number of rotatable bonds is 14. The van der Waals surface area contributed by atoms with E-state index in [-0.39, 0.29) is 40.0 Å². The van der Waals surface area contributed by atoms with Crippen LogP contribution in [0.4, 0.5) is 5.13 Å². The van der Waals surface area contributed by atoms with E-state index in [0.717, 1.165) is 104 Å². The number of para-hydroxylation sites is 1. The number of hydrogen-bond donors (Lipinski definition) is 7. The highest BCUT2D eigenvalue weighted by molar-refractivity contribution is 7.22. The first kappa shape index (κ1) is 42.6. The Balaban J connectivity index is 1.11. The van der Waals surface area contributed by atoms with Gasteiger partial charge in [-0.2, -0.15) is 5.10 Å². The molecule has 3 aromatic rings. The van der Waals surface area contributed by atoms with Gasteiger partial charge in [-0.15, -0.1) is 0 Å². The van der Waals surface area contributed by atoms with E-state index < -0.39 is 5.95 Å². The number of aliphatic imine (C=N–C) groups is 1. The number of nitrogens with zero attached hydrogens (tertiary/aromatic N) is 5. The normalized spacial score (nSPS) is 25.1. The molecule has 0 amide bonds. The topological polar surface area (TPSA) is 190 Å². The van der Waals surface area contributed by atoms with Crippen molar-refractivity contribution < 1.29 is 20.1 Å². The second-order valence-corrected chi connectivity index (χ2v) is 19.9. The van der Waals surface area contributed by atoms with Crippen LogP contribution in [0.15, 0.2) is 76.2 Å². The highest BCUT2D eigenvalue weighted by Crippen LogP contribution is 2.63. The summed E-state index contributed by atoms with van der Waals surface area (Å²) in [5.41, 5.74) is 11.4. The molecule has 0 atom stereocenters. The van der Waals surface area contributed by atoms with Crippen LogP contribution in [-0.4, -0.2) is 85.1 Å². The molecular weight excluding hydrogens is 763 g/mol. The molecule has 13 nitrogen and oxygen atoms in total. The number of dihydropyridines is 1. The van der Waals surface area contributed by atoms with Crippen LogP contribution in [0.5, 0.6) is 0 Å². The Bertz CT molecular complexity index is 2170. The molecule has 4 heterocycles. The summed E-state index contributed by atoms with van der Waals surface area (Å²) in [5, 5.41) is 52.0. The lowest BCUT2D eigenvalue weighted by Gasteiger charge is -2.61. The van der Waals surface area contributed by atoms with Crippen LogP contribution in [0, 0.1) is 28.6 Å². The van der Waals surface area contributed by atoms with Gasteiger partial charge in [0.2, 0.25) is 5.13 Å². The van der Waals surface area contributed by atoms with E-state index in [2.05, 4.69) is 59.9 Å². The van der Waals surface area contributed by atoms with Gasteiger partial charge in [-0.1, -0.05) is 51.2 Å². The Kier molecular flexibility index (Phi) is 12.2. The zero-order chi connectivity index (χ0) is 42.2. The molecule has 7 rings (SSSR count). The van der Waals surface area contributed by atoms with Crippen molar-refractivity contribution in [2.75, 3.05) is 32.8 Å². The van der Waals surface area contributed by atoms with E-state index in [1.807, 2.05) is 54.4 Å².